The van der Waals surface area contributed by atoms with E-state index in [0.717, 1.165) is 16.9 Å². The van der Waals surface area contributed by atoms with Gasteiger partial charge in [0.05, 0.1) is 17.6 Å². The van der Waals surface area contributed by atoms with E-state index in [1.54, 1.807) is 18.2 Å². The van der Waals surface area contributed by atoms with E-state index >= 15 is 0 Å². The third-order valence-electron chi connectivity index (χ3n) is 4.89. The largest absolute Gasteiger partial charge is 0.447 e. The maximum absolute atomic E-state index is 14.7. The highest BCUT2D eigenvalue weighted by atomic mass is 19.3. The lowest BCUT2D eigenvalue weighted by atomic mass is 9.98. The van der Waals surface area contributed by atoms with Crippen molar-refractivity contribution in [3.8, 4) is 0 Å². The number of imidazole rings is 1. The van der Waals surface area contributed by atoms with Crippen molar-refractivity contribution in [1.82, 2.24) is 14.5 Å². The number of hydrogen-bond donors (Lipinski definition) is 0. The van der Waals surface area contributed by atoms with Crippen LogP contribution in [0.3, 0.4) is 0 Å². The van der Waals surface area contributed by atoms with Crippen LogP contribution in [0.2, 0.25) is 0 Å². The first-order chi connectivity index (χ1) is 13.0. The summed E-state index contributed by atoms with van der Waals surface area (Å²) in [5.74, 6) is 0.782. The molecular formula is C20H19F2N3O2. The Labute approximate surface area is 155 Å². The van der Waals surface area contributed by atoms with Crippen LogP contribution in [0.25, 0.3) is 11.0 Å². The molecule has 0 atom stereocenters. The van der Waals surface area contributed by atoms with Gasteiger partial charge in [-0.2, -0.15) is 8.78 Å². The summed E-state index contributed by atoms with van der Waals surface area (Å²) in [6.45, 7) is 2.13. The molecule has 1 aliphatic rings. The van der Waals surface area contributed by atoms with Crippen molar-refractivity contribution in [2.75, 3.05) is 13.2 Å². The topological polar surface area (TPSA) is 47.4 Å². The second-order valence-corrected chi connectivity index (χ2v) is 6.51. The van der Waals surface area contributed by atoms with E-state index in [0.29, 0.717) is 23.4 Å². The van der Waals surface area contributed by atoms with Crippen molar-refractivity contribution >= 4 is 17.1 Å². The number of amides is 1. The Morgan fingerprint density at radius 3 is 2.78 bits per heavy atom. The number of aromatic nitrogens is 2. The molecule has 0 aliphatic carbocycles. The number of para-hydroxylation sites is 2. The van der Waals surface area contributed by atoms with Crippen LogP contribution in [-0.2, 0) is 23.7 Å². The van der Waals surface area contributed by atoms with Crippen molar-refractivity contribution in [3.63, 3.8) is 0 Å². The van der Waals surface area contributed by atoms with Gasteiger partial charge in [-0.15, -0.1) is 0 Å². The van der Waals surface area contributed by atoms with E-state index in [2.05, 4.69) is 4.98 Å². The number of carbonyl (C=O) groups excluding carboxylic acids is 1. The minimum Gasteiger partial charge on any atom is -0.447 e. The van der Waals surface area contributed by atoms with Crippen molar-refractivity contribution in [3.05, 3.63) is 65.5 Å². The van der Waals surface area contributed by atoms with Gasteiger partial charge in [0.2, 0.25) is 0 Å². The highest BCUT2D eigenvalue weighted by Gasteiger charge is 2.47. The number of benzene rings is 2. The fraction of sp³-hybridized carbons (Fsp3) is 0.300. The summed E-state index contributed by atoms with van der Waals surface area (Å²) < 4.78 is 36.5. The molecular weight excluding hydrogens is 352 g/mol. The van der Waals surface area contributed by atoms with E-state index in [9.17, 15) is 13.6 Å². The lowest BCUT2D eigenvalue weighted by Crippen LogP contribution is -2.48. The Morgan fingerprint density at radius 1 is 1.19 bits per heavy atom. The molecule has 7 heteroatoms. The summed E-state index contributed by atoms with van der Waals surface area (Å²) in [6.07, 6.45) is -0.622. The minimum atomic E-state index is -3.37. The third-order valence-corrected chi connectivity index (χ3v) is 4.89. The van der Waals surface area contributed by atoms with Gasteiger partial charge in [0.25, 0.3) is 0 Å². The molecule has 0 fully saturated rings. The molecule has 1 amide bonds. The number of nitrogens with zero attached hydrogens (tertiary/aromatic N) is 3. The summed E-state index contributed by atoms with van der Waals surface area (Å²) in [4.78, 5) is 17.2. The van der Waals surface area contributed by atoms with Crippen LogP contribution in [0.5, 0.6) is 0 Å². The van der Waals surface area contributed by atoms with Crippen LogP contribution in [0, 0.1) is 6.92 Å². The number of halogens is 2. The third kappa shape index (κ3) is 3.03. The van der Waals surface area contributed by atoms with Gasteiger partial charge in [-0.3, -0.25) is 0 Å². The predicted molar refractivity (Wildman–Crippen MR) is 96.6 cm³/mol. The van der Waals surface area contributed by atoms with Crippen LogP contribution in [-0.4, -0.2) is 33.7 Å². The molecule has 2 heterocycles. The second-order valence-electron chi connectivity index (χ2n) is 6.51. The van der Waals surface area contributed by atoms with Crippen molar-refractivity contribution in [2.45, 2.75) is 25.9 Å². The van der Waals surface area contributed by atoms with Crippen molar-refractivity contribution in [2.24, 2.45) is 0 Å². The Kier molecular flexibility index (Phi) is 4.30. The molecule has 0 saturated heterocycles. The Morgan fingerprint density at radius 2 is 1.93 bits per heavy atom. The molecule has 1 aliphatic heterocycles. The van der Waals surface area contributed by atoms with Crippen LogP contribution >= 0.6 is 0 Å². The molecule has 1 aromatic heterocycles. The van der Waals surface area contributed by atoms with Gasteiger partial charge in [0, 0.05) is 12.1 Å². The summed E-state index contributed by atoms with van der Waals surface area (Å²) in [5.41, 5.74) is 2.19. The average Bonchev–Trinajstić information content (AvgIpc) is 2.97. The summed E-state index contributed by atoms with van der Waals surface area (Å²) in [5, 5.41) is 0. The molecule has 5 nitrogen and oxygen atoms in total. The first-order valence-corrected chi connectivity index (χ1v) is 8.81. The molecule has 0 radical (unpaired) electrons. The van der Waals surface area contributed by atoms with Gasteiger partial charge < -0.3 is 9.30 Å². The summed E-state index contributed by atoms with van der Waals surface area (Å²) >= 11 is 0. The highest BCUT2D eigenvalue weighted by Crippen LogP contribution is 2.38. The zero-order valence-electron chi connectivity index (χ0n) is 14.9. The van der Waals surface area contributed by atoms with E-state index in [1.165, 1.54) is 6.07 Å². The maximum atomic E-state index is 14.7. The fourth-order valence-electron chi connectivity index (χ4n) is 3.54. The van der Waals surface area contributed by atoms with Crippen LogP contribution in [0.4, 0.5) is 13.6 Å². The smallest absolute Gasteiger partial charge is 0.414 e. The van der Waals surface area contributed by atoms with Crippen molar-refractivity contribution < 1.29 is 18.3 Å². The quantitative estimate of drug-likeness (QED) is 0.652. The van der Waals surface area contributed by atoms with Gasteiger partial charge in [-0.25, -0.2) is 14.7 Å². The Balaban J connectivity index is 1.45. The number of fused-ring (bicyclic) bond motifs is 2. The normalized spacial score (nSPS) is 15.6. The summed E-state index contributed by atoms with van der Waals surface area (Å²) in [7, 11) is 0. The number of aryl methyl sites for hydroxylation is 1. The number of rotatable bonds is 3. The number of carbonyl (C=O) groups is 1. The lowest BCUT2D eigenvalue weighted by Gasteiger charge is -2.35. The van der Waals surface area contributed by atoms with Gasteiger partial charge in [0.15, 0.2) is 0 Å². The molecule has 0 spiro atoms. The second kappa shape index (κ2) is 6.64. The molecule has 0 saturated carbocycles. The number of hydrogen-bond acceptors (Lipinski definition) is 3. The first-order valence-electron chi connectivity index (χ1n) is 8.81. The maximum Gasteiger partial charge on any atom is 0.414 e. The van der Waals surface area contributed by atoms with Gasteiger partial charge in [0.1, 0.15) is 12.4 Å². The molecule has 4 rings (SSSR count). The molecule has 0 N–H and O–H groups in total. The van der Waals surface area contributed by atoms with E-state index < -0.39 is 12.1 Å². The Hall–Kier alpha value is -2.96. The molecule has 3 aromatic rings. The van der Waals surface area contributed by atoms with Crippen molar-refractivity contribution in [1.29, 1.82) is 0 Å². The highest BCUT2D eigenvalue weighted by molar-refractivity contribution is 5.75. The number of alkyl halides is 2. The molecule has 140 valence electrons. The van der Waals surface area contributed by atoms with E-state index in [4.69, 9.17) is 4.74 Å². The first kappa shape index (κ1) is 17.5. The lowest BCUT2D eigenvalue weighted by molar-refractivity contribution is -0.146. The Bertz CT molecular complexity index is 1000. The molecule has 0 unspecified atom stereocenters. The minimum absolute atomic E-state index is 0.00570. The predicted octanol–water partition coefficient (Wildman–Crippen LogP) is 4.09. The summed E-state index contributed by atoms with van der Waals surface area (Å²) in [6, 6.07) is 10.5. The van der Waals surface area contributed by atoms with Gasteiger partial charge >= 0.3 is 12.1 Å². The standard InChI is InChI=1S/C20H19F2N3O2/c1-14-23-17-8-4-5-9-18(17)24(14)12-13-27-19(26)25-11-10-15-6-2-3-7-16(15)20(25,21)22/h2-9H,10-13H2,1H3. The van der Waals surface area contributed by atoms with Crippen LogP contribution in [0.1, 0.15) is 17.0 Å². The molecule has 27 heavy (non-hydrogen) atoms. The average molecular weight is 371 g/mol. The van der Waals surface area contributed by atoms with Crippen LogP contribution in [0.15, 0.2) is 48.5 Å². The van der Waals surface area contributed by atoms with Crippen LogP contribution < -0.4 is 0 Å². The monoisotopic (exact) mass is 371 g/mol. The fourth-order valence-corrected chi connectivity index (χ4v) is 3.54. The zero-order valence-corrected chi connectivity index (χ0v) is 14.9. The van der Waals surface area contributed by atoms with E-state index in [1.807, 2.05) is 35.8 Å². The SMILES string of the molecule is Cc1nc2ccccc2n1CCOC(=O)N1CCc2ccccc2C1(F)F. The molecule has 0 bridgehead atoms. The van der Waals surface area contributed by atoms with Gasteiger partial charge in [-0.1, -0.05) is 36.4 Å². The zero-order chi connectivity index (χ0) is 19.0. The van der Waals surface area contributed by atoms with E-state index in [-0.39, 0.29) is 18.7 Å². The number of ether oxygens (including phenoxy) is 1. The molecule has 2 aromatic carbocycles. The van der Waals surface area contributed by atoms with Gasteiger partial charge in [-0.05, 0) is 31.0 Å².